The third-order valence-electron chi connectivity index (χ3n) is 4.32. The van der Waals surface area contributed by atoms with Crippen LogP contribution in [-0.4, -0.2) is 28.1 Å². The lowest BCUT2D eigenvalue weighted by Crippen LogP contribution is -2.12. The molecule has 3 rings (SSSR count). The van der Waals surface area contributed by atoms with Gasteiger partial charge in [0.15, 0.2) is 12.4 Å². The number of ketones is 1. The Morgan fingerprint density at radius 2 is 1.59 bits per heavy atom. The Kier molecular flexibility index (Phi) is 5.97. The van der Waals surface area contributed by atoms with Gasteiger partial charge in [-0.3, -0.25) is 4.79 Å². The highest BCUT2D eigenvalue weighted by Crippen LogP contribution is 2.19. The van der Waals surface area contributed by atoms with E-state index in [1.54, 1.807) is 29.8 Å². The molecule has 0 bridgehead atoms. The molecule has 0 aliphatic carbocycles. The molecular weight excluding hydrogens is 378 g/mol. The van der Waals surface area contributed by atoms with Crippen molar-refractivity contribution in [3.63, 3.8) is 0 Å². The Morgan fingerprint density at radius 3 is 2.21 bits per heavy atom. The summed E-state index contributed by atoms with van der Waals surface area (Å²) in [5.74, 6) is -1.90. The third-order valence-corrected chi connectivity index (χ3v) is 4.32. The van der Waals surface area contributed by atoms with Crippen LogP contribution in [-0.2, 0) is 9.53 Å². The number of halogens is 2. The van der Waals surface area contributed by atoms with Crippen molar-refractivity contribution in [3.8, 4) is 5.69 Å². The minimum Gasteiger partial charge on any atom is -0.454 e. The number of aryl methyl sites for hydroxylation is 1. The van der Waals surface area contributed by atoms with Gasteiger partial charge in [0.1, 0.15) is 11.6 Å². The van der Waals surface area contributed by atoms with Gasteiger partial charge in [-0.15, -0.1) is 0 Å². The minimum atomic E-state index is -0.686. The second-order valence-corrected chi connectivity index (χ2v) is 6.34. The first kappa shape index (κ1) is 20.1. The molecule has 0 aliphatic heterocycles. The lowest BCUT2D eigenvalue weighted by atomic mass is 10.1. The zero-order valence-corrected chi connectivity index (χ0v) is 15.9. The van der Waals surface area contributed by atoms with E-state index in [0.717, 1.165) is 11.3 Å². The maximum absolute atomic E-state index is 13.1. The van der Waals surface area contributed by atoms with Crippen LogP contribution in [0.3, 0.4) is 0 Å². The third kappa shape index (κ3) is 4.82. The van der Waals surface area contributed by atoms with Crippen molar-refractivity contribution >= 4 is 17.8 Å². The van der Waals surface area contributed by atoms with Gasteiger partial charge in [-0.1, -0.05) is 0 Å². The maximum Gasteiger partial charge on any atom is 0.331 e. The number of nitrogens with zero attached hydrogens (tertiary/aromatic N) is 2. The van der Waals surface area contributed by atoms with Crippen LogP contribution in [0.5, 0.6) is 0 Å². The topological polar surface area (TPSA) is 61.2 Å². The summed E-state index contributed by atoms with van der Waals surface area (Å²) in [4.78, 5) is 23.9. The number of hydrogen-bond donors (Lipinski definition) is 0. The fraction of sp³-hybridized carbons (Fsp3) is 0.136. The zero-order chi connectivity index (χ0) is 21.0. The van der Waals surface area contributed by atoms with Gasteiger partial charge in [0.25, 0.3) is 0 Å². The molecule has 0 spiro atoms. The molecule has 0 radical (unpaired) electrons. The number of hydrogen-bond acceptors (Lipinski definition) is 4. The van der Waals surface area contributed by atoms with E-state index in [2.05, 4.69) is 5.10 Å². The van der Waals surface area contributed by atoms with Crippen molar-refractivity contribution in [2.45, 2.75) is 13.8 Å². The SMILES string of the molecule is Cc1nn(-c2ccc(F)cc2)c(C)c1/C=C/C(=O)OCC(=O)c1ccc(F)cc1. The Labute approximate surface area is 166 Å². The van der Waals surface area contributed by atoms with E-state index in [4.69, 9.17) is 4.74 Å². The van der Waals surface area contributed by atoms with Crippen molar-refractivity contribution in [3.05, 3.63) is 88.8 Å². The van der Waals surface area contributed by atoms with Gasteiger partial charge in [-0.25, -0.2) is 18.3 Å². The van der Waals surface area contributed by atoms with E-state index < -0.39 is 24.2 Å². The van der Waals surface area contributed by atoms with Crippen molar-refractivity contribution in [2.75, 3.05) is 6.61 Å². The Hall–Kier alpha value is -3.61. The van der Waals surface area contributed by atoms with Gasteiger partial charge in [-0.2, -0.15) is 5.10 Å². The normalized spacial score (nSPS) is 11.0. The lowest BCUT2D eigenvalue weighted by molar-refractivity contribution is -0.136. The molecule has 0 saturated carbocycles. The monoisotopic (exact) mass is 396 g/mol. The van der Waals surface area contributed by atoms with E-state index >= 15 is 0 Å². The summed E-state index contributed by atoms with van der Waals surface area (Å²) in [6, 6.07) is 10.9. The van der Waals surface area contributed by atoms with Crippen molar-refractivity contribution in [2.24, 2.45) is 0 Å². The highest BCUT2D eigenvalue weighted by molar-refractivity contribution is 5.98. The molecule has 1 aromatic heterocycles. The number of ether oxygens (including phenoxy) is 1. The van der Waals surface area contributed by atoms with Crippen LogP contribution in [0.1, 0.15) is 27.3 Å². The molecular formula is C22H18F2N2O3. The Morgan fingerprint density at radius 1 is 1.00 bits per heavy atom. The lowest BCUT2D eigenvalue weighted by Gasteiger charge is -2.04. The Bertz CT molecular complexity index is 1070. The molecule has 0 fully saturated rings. The molecule has 0 unspecified atom stereocenters. The predicted octanol–water partition coefficient (Wildman–Crippen LogP) is 4.21. The summed E-state index contributed by atoms with van der Waals surface area (Å²) in [7, 11) is 0. The molecule has 3 aromatic rings. The second-order valence-electron chi connectivity index (χ2n) is 6.34. The molecule has 0 atom stereocenters. The smallest absolute Gasteiger partial charge is 0.331 e. The van der Waals surface area contributed by atoms with E-state index in [1.165, 1.54) is 42.5 Å². The predicted molar refractivity (Wildman–Crippen MR) is 104 cm³/mol. The first-order chi connectivity index (χ1) is 13.8. The first-order valence-electron chi connectivity index (χ1n) is 8.81. The number of carbonyl (C=O) groups is 2. The molecule has 29 heavy (non-hydrogen) atoms. The average Bonchev–Trinajstić information content (AvgIpc) is 2.99. The fourth-order valence-electron chi connectivity index (χ4n) is 2.78. The quantitative estimate of drug-likeness (QED) is 0.356. The summed E-state index contributed by atoms with van der Waals surface area (Å²) >= 11 is 0. The van der Waals surface area contributed by atoms with Crippen molar-refractivity contribution in [1.82, 2.24) is 9.78 Å². The summed E-state index contributed by atoms with van der Waals surface area (Å²) < 4.78 is 32.6. The molecule has 0 saturated heterocycles. The van der Waals surface area contributed by atoms with Crippen molar-refractivity contribution in [1.29, 1.82) is 0 Å². The zero-order valence-electron chi connectivity index (χ0n) is 15.9. The molecule has 1 heterocycles. The van der Waals surface area contributed by atoms with Gasteiger partial charge in [0, 0.05) is 22.9 Å². The van der Waals surface area contributed by atoms with Crippen LogP contribution < -0.4 is 0 Å². The van der Waals surface area contributed by atoms with E-state index in [-0.39, 0.29) is 11.4 Å². The van der Waals surface area contributed by atoms with Gasteiger partial charge < -0.3 is 4.74 Å². The van der Waals surface area contributed by atoms with E-state index in [1.807, 2.05) is 6.92 Å². The largest absolute Gasteiger partial charge is 0.454 e. The highest BCUT2D eigenvalue weighted by Gasteiger charge is 2.12. The summed E-state index contributed by atoms with van der Waals surface area (Å²) in [6.45, 7) is 3.17. The van der Waals surface area contributed by atoms with E-state index in [0.29, 0.717) is 11.4 Å². The standard InChI is InChI=1S/C22H18F2N2O3/c1-14-20(15(2)26(25-14)19-9-7-18(24)8-10-19)11-12-22(28)29-13-21(27)16-3-5-17(23)6-4-16/h3-12H,13H2,1-2H3/b12-11+. The summed E-state index contributed by atoms with van der Waals surface area (Å²) in [5.41, 5.74) is 3.12. The van der Waals surface area contributed by atoms with Gasteiger partial charge in [0.2, 0.25) is 0 Å². The molecule has 0 amide bonds. The van der Waals surface area contributed by atoms with Gasteiger partial charge >= 0.3 is 5.97 Å². The second kappa shape index (κ2) is 8.60. The highest BCUT2D eigenvalue weighted by atomic mass is 19.1. The number of carbonyl (C=O) groups excluding carboxylic acids is 2. The number of esters is 1. The van der Waals surface area contributed by atoms with Crippen molar-refractivity contribution < 1.29 is 23.1 Å². The van der Waals surface area contributed by atoms with Gasteiger partial charge in [-0.05, 0) is 68.5 Å². The van der Waals surface area contributed by atoms with Crippen LogP contribution in [0.2, 0.25) is 0 Å². The van der Waals surface area contributed by atoms with Crippen LogP contribution in [0.25, 0.3) is 11.8 Å². The molecule has 0 N–H and O–H groups in total. The average molecular weight is 396 g/mol. The van der Waals surface area contributed by atoms with Crippen LogP contribution in [0.4, 0.5) is 8.78 Å². The van der Waals surface area contributed by atoms with Crippen LogP contribution in [0.15, 0.2) is 54.6 Å². The minimum absolute atomic E-state index is 0.260. The number of rotatable bonds is 6. The molecule has 5 nitrogen and oxygen atoms in total. The molecule has 2 aromatic carbocycles. The summed E-state index contributed by atoms with van der Waals surface area (Å²) in [6.07, 6.45) is 2.77. The number of Topliss-reactive ketones (excluding diaryl/α,β-unsaturated/α-hetero) is 1. The van der Waals surface area contributed by atoms with E-state index in [9.17, 15) is 18.4 Å². The number of benzene rings is 2. The van der Waals surface area contributed by atoms with Crippen LogP contribution in [0, 0.1) is 25.5 Å². The van der Waals surface area contributed by atoms with Gasteiger partial charge in [0.05, 0.1) is 11.4 Å². The maximum atomic E-state index is 13.1. The van der Waals surface area contributed by atoms with Crippen LogP contribution >= 0.6 is 0 Å². The molecule has 148 valence electrons. The first-order valence-corrected chi connectivity index (χ1v) is 8.81. The summed E-state index contributed by atoms with van der Waals surface area (Å²) in [5, 5.41) is 4.42. The molecule has 0 aliphatic rings. The fourth-order valence-corrected chi connectivity index (χ4v) is 2.78. The number of aromatic nitrogens is 2. The Balaban J connectivity index is 1.66. The molecule has 7 heteroatoms.